The zero-order valence-corrected chi connectivity index (χ0v) is 15.2. The number of aromatic nitrogens is 3. The SMILES string of the molecule is Cc1cc(C(=O)NC(C)c2ccc3c(c2)OCO3)c2c(C)nn(C)c2n1. The molecule has 7 nitrogen and oxygen atoms in total. The fourth-order valence-corrected chi connectivity index (χ4v) is 3.29. The summed E-state index contributed by atoms with van der Waals surface area (Å²) < 4.78 is 12.5. The van der Waals surface area contributed by atoms with E-state index in [9.17, 15) is 4.79 Å². The monoisotopic (exact) mass is 352 g/mol. The molecule has 3 aromatic rings. The van der Waals surface area contributed by atoms with Gasteiger partial charge < -0.3 is 14.8 Å². The number of pyridine rings is 1. The molecule has 1 aromatic carbocycles. The third-order valence-corrected chi connectivity index (χ3v) is 4.59. The molecule has 1 unspecified atom stereocenters. The zero-order chi connectivity index (χ0) is 18.4. The highest BCUT2D eigenvalue weighted by atomic mass is 16.7. The molecule has 1 N–H and O–H groups in total. The van der Waals surface area contributed by atoms with E-state index in [1.165, 1.54) is 0 Å². The maximum absolute atomic E-state index is 13.0. The molecule has 0 spiro atoms. The number of aryl methyl sites for hydroxylation is 3. The van der Waals surface area contributed by atoms with Crippen LogP contribution in [0.25, 0.3) is 11.0 Å². The van der Waals surface area contributed by atoms with Crippen molar-refractivity contribution < 1.29 is 14.3 Å². The number of nitrogens with zero attached hydrogens (tertiary/aromatic N) is 3. The predicted molar refractivity (Wildman–Crippen MR) is 96.4 cm³/mol. The second-order valence-corrected chi connectivity index (χ2v) is 6.53. The molecule has 1 aliphatic rings. The number of amides is 1. The normalized spacial score (nSPS) is 13.8. The molecule has 0 saturated carbocycles. The van der Waals surface area contributed by atoms with E-state index in [1.807, 2.05) is 46.0 Å². The second kappa shape index (κ2) is 6.01. The number of hydrogen-bond donors (Lipinski definition) is 1. The molecule has 4 rings (SSSR count). The Balaban J connectivity index is 1.65. The van der Waals surface area contributed by atoms with Crippen molar-refractivity contribution in [2.24, 2.45) is 7.05 Å². The highest BCUT2D eigenvalue weighted by molar-refractivity contribution is 6.06. The van der Waals surface area contributed by atoms with E-state index in [1.54, 1.807) is 10.7 Å². The van der Waals surface area contributed by atoms with Crippen LogP contribution in [0, 0.1) is 13.8 Å². The van der Waals surface area contributed by atoms with E-state index < -0.39 is 0 Å². The minimum Gasteiger partial charge on any atom is -0.454 e. The first kappa shape index (κ1) is 16.4. The van der Waals surface area contributed by atoms with Gasteiger partial charge in [-0.25, -0.2) is 4.98 Å². The van der Waals surface area contributed by atoms with Gasteiger partial charge in [-0.3, -0.25) is 9.48 Å². The van der Waals surface area contributed by atoms with Crippen molar-refractivity contribution in [3.63, 3.8) is 0 Å². The number of fused-ring (bicyclic) bond motifs is 2. The van der Waals surface area contributed by atoms with E-state index in [2.05, 4.69) is 15.4 Å². The Bertz CT molecular complexity index is 1030. The highest BCUT2D eigenvalue weighted by Gasteiger charge is 2.21. The summed E-state index contributed by atoms with van der Waals surface area (Å²) in [5.74, 6) is 1.28. The number of ether oxygens (including phenoxy) is 2. The molecular formula is C19H20N4O3. The number of carbonyl (C=O) groups excluding carboxylic acids is 1. The maximum atomic E-state index is 13.0. The van der Waals surface area contributed by atoms with Crippen LogP contribution < -0.4 is 14.8 Å². The predicted octanol–water partition coefficient (Wildman–Crippen LogP) is 2.80. The minimum absolute atomic E-state index is 0.151. The Morgan fingerprint density at radius 3 is 2.81 bits per heavy atom. The molecule has 0 bridgehead atoms. The molecule has 0 saturated heterocycles. The smallest absolute Gasteiger partial charge is 0.252 e. The van der Waals surface area contributed by atoms with Crippen LogP contribution in [0.4, 0.5) is 0 Å². The lowest BCUT2D eigenvalue weighted by Gasteiger charge is -2.15. The second-order valence-electron chi connectivity index (χ2n) is 6.53. The van der Waals surface area contributed by atoms with Crippen molar-refractivity contribution in [1.29, 1.82) is 0 Å². The van der Waals surface area contributed by atoms with Gasteiger partial charge in [-0.2, -0.15) is 5.10 Å². The van der Waals surface area contributed by atoms with Crippen LogP contribution in [0.2, 0.25) is 0 Å². The summed E-state index contributed by atoms with van der Waals surface area (Å²) in [6, 6.07) is 7.31. The molecule has 3 heterocycles. The molecule has 1 aliphatic heterocycles. The minimum atomic E-state index is -0.183. The topological polar surface area (TPSA) is 78.3 Å². The van der Waals surface area contributed by atoms with Crippen LogP contribution in [-0.4, -0.2) is 27.5 Å². The highest BCUT2D eigenvalue weighted by Crippen LogP contribution is 2.34. The third kappa shape index (κ3) is 2.65. The number of hydrogen-bond acceptors (Lipinski definition) is 5. The van der Waals surface area contributed by atoms with Crippen molar-refractivity contribution >= 4 is 16.9 Å². The lowest BCUT2D eigenvalue weighted by molar-refractivity contribution is 0.0941. The van der Waals surface area contributed by atoms with Gasteiger partial charge in [0, 0.05) is 12.7 Å². The Morgan fingerprint density at radius 1 is 1.23 bits per heavy atom. The molecule has 2 aromatic heterocycles. The van der Waals surface area contributed by atoms with Crippen LogP contribution in [-0.2, 0) is 7.05 Å². The van der Waals surface area contributed by atoms with E-state index in [0.29, 0.717) is 17.0 Å². The van der Waals surface area contributed by atoms with Gasteiger partial charge in [0.05, 0.1) is 22.7 Å². The standard InChI is InChI=1S/C19H20N4O3/c1-10-7-14(17-12(3)22-23(4)18(17)20-10)19(24)21-11(2)13-5-6-15-16(8-13)26-9-25-15/h5-8,11H,9H2,1-4H3,(H,21,24). The number of carbonyl (C=O) groups is 1. The maximum Gasteiger partial charge on any atom is 0.252 e. The molecule has 1 atom stereocenters. The molecule has 0 aliphatic carbocycles. The summed E-state index contributed by atoms with van der Waals surface area (Å²) in [6.45, 7) is 5.93. The summed E-state index contributed by atoms with van der Waals surface area (Å²) in [5, 5.41) is 8.24. The summed E-state index contributed by atoms with van der Waals surface area (Å²) >= 11 is 0. The van der Waals surface area contributed by atoms with Gasteiger partial charge in [0.25, 0.3) is 5.91 Å². The van der Waals surface area contributed by atoms with E-state index in [-0.39, 0.29) is 18.7 Å². The van der Waals surface area contributed by atoms with E-state index in [0.717, 1.165) is 28.1 Å². The quantitative estimate of drug-likeness (QED) is 0.784. The van der Waals surface area contributed by atoms with Crippen molar-refractivity contribution in [2.45, 2.75) is 26.8 Å². The van der Waals surface area contributed by atoms with Crippen molar-refractivity contribution in [2.75, 3.05) is 6.79 Å². The van der Waals surface area contributed by atoms with Gasteiger partial charge in [-0.05, 0) is 44.5 Å². The Labute approximate surface area is 150 Å². The number of nitrogens with one attached hydrogen (secondary N) is 1. The van der Waals surface area contributed by atoms with Crippen molar-refractivity contribution in [3.8, 4) is 11.5 Å². The lowest BCUT2D eigenvalue weighted by Crippen LogP contribution is -2.27. The van der Waals surface area contributed by atoms with Crippen LogP contribution in [0.1, 0.15) is 40.3 Å². The first-order valence-electron chi connectivity index (χ1n) is 8.45. The van der Waals surface area contributed by atoms with Crippen molar-refractivity contribution in [1.82, 2.24) is 20.1 Å². The summed E-state index contributed by atoms with van der Waals surface area (Å²) in [7, 11) is 1.83. The molecule has 7 heteroatoms. The van der Waals surface area contributed by atoms with Gasteiger partial charge in [0.2, 0.25) is 6.79 Å². The van der Waals surface area contributed by atoms with Gasteiger partial charge in [0.1, 0.15) is 0 Å². The van der Waals surface area contributed by atoms with Crippen LogP contribution in [0.15, 0.2) is 24.3 Å². The first-order valence-corrected chi connectivity index (χ1v) is 8.45. The zero-order valence-electron chi connectivity index (χ0n) is 15.2. The summed E-state index contributed by atoms with van der Waals surface area (Å²) in [4.78, 5) is 17.5. The molecule has 134 valence electrons. The molecule has 0 fully saturated rings. The van der Waals surface area contributed by atoms with Crippen molar-refractivity contribution in [3.05, 3.63) is 46.8 Å². The summed E-state index contributed by atoms with van der Waals surface area (Å²) in [6.07, 6.45) is 0. The van der Waals surface area contributed by atoms with E-state index in [4.69, 9.17) is 9.47 Å². The molecule has 0 radical (unpaired) electrons. The Morgan fingerprint density at radius 2 is 2.00 bits per heavy atom. The van der Waals surface area contributed by atoms with E-state index >= 15 is 0 Å². The van der Waals surface area contributed by atoms with Crippen LogP contribution >= 0.6 is 0 Å². The fraction of sp³-hybridized carbons (Fsp3) is 0.316. The van der Waals surface area contributed by atoms with Gasteiger partial charge >= 0.3 is 0 Å². The van der Waals surface area contributed by atoms with Gasteiger partial charge in [-0.1, -0.05) is 6.07 Å². The van der Waals surface area contributed by atoms with Gasteiger partial charge in [-0.15, -0.1) is 0 Å². The average Bonchev–Trinajstić information content (AvgIpc) is 3.18. The summed E-state index contributed by atoms with van der Waals surface area (Å²) in [5.41, 5.74) is 3.82. The molecular weight excluding hydrogens is 332 g/mol. The largest absolute Gasteiger partial charge is 0.454 e. The first-order chi connectivity index (χ1) is 12.4. The molecule has 1 amide bonds. The Hall–Kier alpha value is -3.09. The number of benzene rings is 1. The molecule has 26 heavy (non-hydrogen) atoms. The third-order valence-electron chi connectivity index (χ3n) is 4.59. The fourth-order valence-electron chi connectivity index (χ4n) is 3.29. The lowest BCUT2D eigenvalue weighted by atomic mass is 10.1. The average molecular weight is 352 g/mol. The van der Waals surface area contributed by atoms with Crippen LogP contribution in [0.3, 0.4) is 0 Å². The number of rotatable bonds is 3. The van der Waals surface area contributed by atoms with Gasteiger partial charge in [0.15, 0.2) is 17.1 Å². The Kier molecular flexibility index (Phi) is 3.79. The van der Waals surface area contributed by atoms with Crippen LogP contribution in [0.5, 0.6) is 11.5 Å².